The number of unbranched alkanes of at least 4 members (excludes halogenated alkanes) is 14. The Morgan fingerprint density at radius 3 is 1.60 bits per heavy atom. The van der Waals surface area contributed by atoms with Gasteiger partial charge < -0.3 is 5.43 Å². The Hall–Kier alpha value is 0.440. The molecule has 0 aliphatic carbocycles. The highest BCUT2D eigenvalue weighted by Crippen LogP contribution is 2.42. The molecule has 0 bridgehead atoms. The summed E-state index contributed by atoms with van der Waals surface area (Å²) in [4.78, 5) is 0. The van der Waals surface area contributed by atoms with E-state index < -0.39 is 0 Å². The van der Waals surface area contributed by atoms with E-state index >= 15 is 0 Å². The Labute approximate surface area is 206 Å². The molecule has 0 saturated heterocycles. The zero-order valence-corrected chi connectivity index (χ0v) is 22.8. The lowest BCUT2D eigenvalue weighted by Crippen LogP contribution is -2.14. The van der Waals surface area contributed by atoms with Crippen LogP contribution >= 0.6 is 58.4 Å². The van der Waals surface area contributed by atoms with Gasteiger partial charge in [-0.3, -0.25) is 0 Å². The lowest BCUT2D eigenvalue weighted by atomic mass is 10.0. The van der Waals surface area contributed by atoms with Crippen LogP contribution in [0.25, 0.3) is 0 Å². The maximum atomic E-state index is 5.30. The van der Waals surface area contributed by atoms with Crippen LogP contribution in [0, 0.1) is 3.14 Å². The highest BCUT2D eigenvalue weighted by Gasteiger charge is 2.16. The maximum Gasteiger partial charge on any atom is 0.145 e. The maximum absolute atomic E-state index is 5.30. The first-order chi connectivity index (χ1) is 14.8. The van der Waals surface area contributed by atoms with Crippen molar-refractivity contribution < 1.29 is 0 Å². The third-order valence-electron chi connectivity index (χ3n) is 5.39. The summed E-state index contributed by atoms with van der Waals surface area (Å²) in [6.07, 6.45) is 21.2. The molecule has 0 saturated carbocycles. The molecule has 0 aromatic carbocycles. The molecule has 1 aromatic heterocycles. The first-order valence-electron chi connectivity index (χ1n) is 12.0. The summed E-state index contributed by atoms with van der Waals surface area (Å²) >= 11 is 12.6. The minimum absolute atomic E-state index is 0.994. The number of hydrogen-bond acceptors (Lipinski definition) is 7. The average molecular weight is 505 g/mol. The predicted octanol–water partition coefficient (Wildman–Crippen LogP) is 9.55. The van der Waals surface area contributed by atoms with Crippen LogP contribution < -0.4 is 5.43 Å². The van der Waals surface area contributed by atoms with Crippen LogP contribution in [-0.4, -0.2) is 23.8 Å². The average Bonchev–Trinajstić information content (AvgIpc) is 3.00. The molecule has 1 N–H and O–H groups in total. The Kier molecular flexibility index (Phi) is 16.0. The number of nitrogens with one attached hydrogen (secondary N) is 1. The summed E-state index contributed by atoms with van der Waals surface area (Å²) in [5.41, 5.74) is 4.58. The predicted molar refractivity (Wildman–Crippen MR) is 145 cm³/mol. The van der Waals surface area contributed by atoms with Gasteiger partial charge in [-0.05, 0) is 6.42 Å². The van der Waals surface area contributed by atoms with Crippen LogP contribution in [0.15, 0.2) is 13.5 Å². The van der Waals surface area contributed by atoms with E-state index in [-0.39, 0.29) is 0 Å². The molecule has 0 unspecified atom stereocenters. The number of hydrogen-bond donors (Lipinski definition) is 1. The van der Waals surface area contributed by atoms with Gasteiger partial charge in [0, 0.05) is 18.1 Å². The van der Waals surface area contributed by atoms with E-state index in [0.717, 1.165) is 21.2 Å². The van der Waals surface area contributed by atoms with E-state index in [1.807, 2.05) is 23.5 Å². The van der Waals surface area contributed by atoms with Crippen molar-refractivity contribution in [3.8, 4) is 0 Å². The quantitative estimate of drug-likeness (QED) is 0.130. The molecule has 2 heterocycles. The van der Waals surface area contributed by atoms with Crippen molar-refractivity contribution in [1.29, 1.82) is 0 Å². The van der Waals surface area contributed by atoms with Crippen LogP contribution in [0.3, 0.4) is 0 Å². The first kappa shape index (κ1) is 26.7. The largest absolute Gasteiger partial charge is 0.310 e. The van der Waals surface area contributed by atoms with E-state index in [1.165, 1.54) is 110 Å². The van der Waals surface area contributed by atoms with E-state index in [0.29, 0.717) is 0 Å². The Morgan fingerprint density at radius 2 is 1.13 bits per heavy atom. The molecule has 30 heavy (non-hydrogen) atoms. The summed E-state index contributed by atoms with van der Waals surface area (Å²) in [5, 5.41) is 4.64. The molecule has 172 valence electrons. The summed E-state index contributed by atoms with van der Waals surface area (Å²) < 4.78 is 3.83. The second kappa shape index (κ2) is 17.9. The fraction of sp³-hybridized carbons (Fsp3) is 0.826. The minimum atomic E-state index is 0.994. The molecule has 0 atom stereocenters. The number of thioether (sulfide) groups is 2. The van der Waals surface area contributed by atoms with Crippen LogP contribution in [0.4, 0.5) is 0 Å². The van der Waals surface area contributed by atoms with Gasteiger partial charge in [0.15, 0.2) is 0 Å². The molecule has 0 radical (unpaired) electrons. The summed E-state index contributed by atoms with van der Waals surface area (Å²) in [6, 6.07) is 0. The normalized spacial score (nSPS) is 13.8. The third-order valence-corrected chi connectivity index (χ3v) is 11.1. The molecule has 2 nitrogen and oxygen atoms in total. The summed E-state index contributed by atoms with van der Waals surface area (Å²) in [7, 11) is 0. The van der Waals surface area contributed by atoms with Gasteiger partial charge in [0.25, 0.3) is 0 Å². The van der Waals surface area contributed by atoms with Gasteiger partial charge in [-0.15, -0.1) is 46.2 Å². The molecule has 2 rings (SSSR count). The first-order valence-corrected chi connectivity index (χ1v) is 16.0. The smallest absolute Gasteiger partial charge is 0.145 e. The number of fused-ring (bicyclic) bond motifs is 1. The van der Waals surface area contributed by atoms with Crippen LogP contribution in [0.5, 0.6) is 0 Å². The van der Waals surface area contributed by atoms with E-state index in [1.54, 1.807) is 22.7 Å². The zero-order chi connectivity index (χ0) is 21.3. The Balaban J connectivity index is 1.33. The van der Waals surface area contributed by atoms with Crippen molar-refractivity contribution in [1.82, 2.24) is 5.43 Å². The number of hydrazone groups is 1. The van der Waals surface area contributed by atoms with Crippen LogP contribution in [0.1, 0.15) is 103 Å². The highest BCUT2D eigenvalue weighted by atomic mass is 32.2. The highest BCUT2D eigenvalue weighted by molar-refractivity contribution is 8.07. The lowest BCUT2D eigenvalue weighted by Gasteiger charge is -2.05. The van der Waals surface area contributed by atoms with Crippen molar-refractivity contribution in [2.75, 3.05) is 18.1 Å². The van der Waals surface area contributed by atoms with E-state index in [4.69, 9.17) is 12.2 Å². The molecule has 1 aliphatic heterocycles. The summed E-state index contributed by atoms with van der Waals surface area (Å²) in [5.74, 6) is 1.99. The van der Waals surface area contributed by atoms with Crippen LogP contribution in [-0.2, 0) is 0 Å². The SMILES string of the molecule is CCCCCCCCCCCCCCCCCNN=C1CSc2sc(=S)sc2SC1. The van der Waals surface area contributed by atoms with Gasteiger partial charge in [0.05, 0.1) is 14.1 Å². The van der Waals surface area contributed by atoms with E-state index in [9.17, 15) is 0 Å². The number of nitrogens with zero attached hydrogens (tertiary/aromatic N) is 1. The van der Waals surface area contributed by atoms with Crippen molar-refractivity contribution >= 4 is 64.1 Å². The third kappa shape index (κ3) is 12.5. The fourth-order valence-electron chi connectivity index (χ4n) is 3.58. The van der Waals surface area contributed by atoms with Crippen molar-refractivity contribution in [3.05, 3.63) is 3.14 Å². The van der Waals surface area contributed by atoms with Gasteiger partial charge in [0.2, 0.25) is 0 Å². The molecule has 1 aliphatic rings. The minimum Gasteiger partial charge on any atom is -0.310 e. The standard InChI is InChI=1S/C23H40N2S5/c1-2-3-4-5-6-7-8-9-10-11-12-13-14-15-16-17-24-25-20-18-27-21-22(28-19-20)30-23(26)29-21/h24H,2-19H2,1H3. The van der Waals surface area contributed by atoms with E-state index in [2.05, 4.69) is 17.5 Å². The van der Waals surface area contributed by atoms with Gasteiger partial charge in [-0.1, -0.05) is 109 Å². The second-order valence-corrected chi connectivity index (χ2v) is 13.9. The van der Waals surface area contributed by atoms with Crippen molar-refractivity contribution in [2.24, 2.45) is 5.10 Å². The van der Waals surface area contributed by atoms with Gasteiger partial charge in [0.1, 0.15) is 3.14 Å². The van der Waals surface area contributed by atoms with Gasteiger partial charge in [-0.25, -0.2) is 0 Å². The van der Waals surface area contributed by atoms with Crippen LogP contribution in [0.2, 0.25) is 0 Å². The summed E-state index contributed by atoms with van der Waals surface area (Å²) in [6.45, 7) is 3.31. The molecular weight excluding hydrogens is 465 g/mol. The molecule has 0 spiro atoms. The van der Waals surface area contributed by atoms with Gasteiger partial charge in [-0.2, -0.15) is 5.10 Å². The Morgan fingerprint density at radius 1 is 0.700 bits per heavy atom. The zero-order valence-electron chi connectivity index (χ0n) is 18.7. The fourth-order valence-corrected chi connectivity index (χ4v) is 9.67. The molecule has 1 aromatic rings. The second-order valence-electron chi connectivity index (χ2n) is 8.14. The van der Waals surface area contributed by atoms with Crippen molar-refractivity contribution in [2.45, 2.75) is 112 Å². The van der Waals surface area contributed by atoms with Gasteiger partial charge >= 0.3 is 0 Å². The molecule has 0 fully saturated rings. The molecular formula is C23H40N2S5. The Bertz CT molecular complexity index is 607. The molecule has 7 heteroatoms. The molecule has 0 amide bonds. The lowest BCUT2D eigenvalue weighted by molar-refractivity contribution is 0.529. The number of rotatable bonds is 17. The van der Waals surface area contributed by atoms with Crippen molar-refractivity contribution in [3.63, 3.8) is 0 Å². The topological polar surface area (TPSA) is 24.4 Å². The monoisotopic (exact) mass is 504 g/mol.